The molecule has 3 aliphatic heterocycles. The Labute approximate surface area is 184 Å². The first-order valence-corrected chi connectivity index (χ1v) is 10.4. The van der Waals surface area contributed by atoms with Crippen LogP contribution in [-0.2, 0) is 20.9 Å². The van der Waals surface area contributed by atoms with Gasteiger partial charge in [-0.05, 0) is 22.7 Å². The van der Waals surface area contributed by atoms with E-state index < -0.39 is 23.9 Å². The van der Waals surface area contributed by atoms with Crippen molar-refractivity contribution in [1.82, 2.24) is 14.7 Å². The van der Waals surface area contributed by atoms with Gasteiger partial charge in [0.25, 0.3) is 23.7 Å². The molecule has 11 heteroatoms. The molecule has 4 amide bonds. The average Bonchev–Trinajstić information content (AvgIpc) is 3.09. The molecule has 164 valence electrons. The number of primary amides is 1. The Morgan fingerprint density at radius 2 is 1.90 bits per heavy atom. The van der Waals surface area contributed by atoms with Gasteiger partial charge in [0.1, 0.15) is 6.54 Å². The number of carbonyl (C=O) groups is 3. The largest absolute Gasteiger partial charge is 0.379 e. The van der Waals surface area contributed by atoms with E-state index in [1.54, 1.807) is 35.9 Å². The van der Waals surface area contributed by atoms with Crippen molar-refractivity contribution >= 4 is 41.1 Å². The summed E-state index contributed by atoms with van der Waals surface area (Å²) in [5, 5.41) is 0.567. The Hall–Kier alpha value is -2.82. The SMILES string of the molecule is CN1C(=O)N(Cc2ccc(Cl)cc2)C(=O)C2C1=NC(CN1CCOCC1)=[N+]2CC(N)=O. The second-order valence-electron chi connectivity index (χ2n) is 7.66. The van der Waals surface area contributed by atoms with E-state index in [0.717, 1.165) is 18.7 Å². The molecule has 0 aromatic heterocycles. The second-order valence-corrected chi connectivity index (χ2v) is 8.10. The number of likely N-dealkylation sites (N-methyl/N-ethyl adjacent to an activating group) is 1. The number of aliphatic imine (C=N–C) groups is 1. The van der Waals surface area contributed by atoms with Gasteiger partial charge in [0, 0.05) is 25.2 Å². The van der Waals surface area contributed by atoms with Crippen molar-refractivity contribution in [2.24, 2.45) is 10.7 Å². The number of fused-ring (bicyclic) bond motifs is 1. The molecule has 1 aromatic carbocycles. The molecule has 0 radical (unpaired) electrons. The zero-order chi connectivity index (χ0) is 22.1. The number of imide groups is 1. The van der Waals surface area contributed by atoms with E-state index in [1.165, 1.54) is 9.80 Å². The molecule has 0 spiro atoms. The van der Waals surface area contributed by atoms with Crippen molar-refractivity contribution in [3.8, 4) is 0 Å². The Morgan fingerprint density at radius 3 is 2.55 bits per heavy atom. The van der Waals surface area contributed by atoms with Crippen molar-refractivity contribution < 1.29 is 23.7 Å². The zero-order valence-corrected chi connectivity index (χ0v) is 17.9. The van der Waals surface area contributed by atoms with Crippen LogP contribution in [-0.4, -0.2) is 101 Å². The van der Waals surface area contributed by atoms with Gasteiger partial charge in [0.2, 0.25) is 0 Å². The zero-order valence-electron chi connectivity index (χ0n) is 17.2. The third-order valence-electron chi connectivity index (χ3n) is 5.54. The van der Waals surface area contributed by atoms with E-state index in [4.69, 9.17) is 22.1 Å². The van der Waals surface area contributed by atoms with Crippen LogP contribution in [0.3, 0.4) is 0 Å². The highest BCUT2D eigenvalue weighted by molar-refractivity contribution is 6.30. The summed E-state index contributed by atoms with van der Waals surface area (Å²) < 4.78 is 6.98. The first kappa shape index (κ1) is 21.4. The molecule has 2 N–H and O–H groups in total. The molecule has 1 unspecified atom stereocenters. The van der Waals surface area contributed by atoms with Gasteiger partial charge in [0.15, 0.2) is 6.54 Å². The van der Waals surface area contributed by atoms with Gasteiger partial charge in [-0.25, -0.2) is 9.37 Å². The number of hydrogen-bond acceptors (Lipinski definition) is 6. The van der Waals surface area contributed by atoms with Crippen molar-refractivity contribution in [2.75, 3.05) is 46.4 Å². The Kier molecular flexibility index (Phi) is 6.03. The van der Waals surface area contributed by atoms with Crippen molar-refractivity contribution in [1.29, 1.82) is 0 Å². The van der Waals surface area contributed by atoms with Crippen molar-refractivity contribution in [3.63, 3.8) is 0 Å². The average molecular weight is 448 g/mol. The van der Waals surface area contributed by atoms with E-state index >= 15 is 0 Å². The van der Waals surface area contributed by atoms with Crippen LogP contribution in [0.5, 0.6) is 0 Å². The number of rotatable bonds is 6. The molecule has 3 heterocycles. The fourth-order valence-corrected chi connectivity index (χ4v) is 4.05. The number of halogens is 1. The van der Waals surface area contributed by atoms with Crippen LogP contribution in [0.25, 0.3) is 0 Å². The van der Waals surface area contributed by atoms with Gasteiger partial charge in [-0.15, -0.1) is 0 Å². The summed E-state index contributed by atoms with van der Waals surface area (Å²) in [6.07, 6.45) is 0. The number of amidine groups is 2. The van der Waals surface area contributed by atoms with E-state index in [0.29, 0.717) is 36.5 Å². The molecule has 0 aliphatic carbocycles. The van der Waals surface area contributed by atoms with Gasteiger partial charge in [0.05, 0.1) is 19.8 Å². The fourth-order valence-electron chi connectivity index (χ4n) is 3.92. The van der Waals surface area contributed by atoms with E-state index in [9.17, 15) is 14.4 Å². The lowest BCUT2D eigenvalue weighted by Crippen LogP contribution is -2.63. The summed E-state index contributed by atoms with van der Waals surface area (Å²) in [5.74, 6) is -0.156. The van der Waals surface area contributed by atoms with Crippen LogP contribution in [0, 0.1) is 0 Å². The summed E-state index contributed by atoms with van der Waals surface area (Å²) in [7, 11) is 1.58. The molecule has 4 rings (SSSR count). The molecule has 2 fully saturated rings. The number of hydrogen-bond donors (Lipinski definition) is 1. The van der Waals surface area contributed by atoms with E-state index in [-0.39, 0.29) is 13.1 Å². The van der Waals surface area contributed by atoms with Crippen LogP contribution in [0.2, 0.25) is 5.02 Å². The standard InChI is InChI=1S/C20H23ClN6O4/c1-24-18-17(19(29)27(20(24)30)10-13-2-4-14(21)5-3-13)26(11-15(22)28)16(23-18)12-25-6-8-31-9-7-25/h2-5,17H,6-12H2,1H3,(H-,22,28)/p+1. The molecule has 3 aliphatic rings. The number of carbonyl (C=O) groups excluding carboxylic acids is 3. The van der Waals surface area contributed by atoms with Gasteiger partial charge in [-0.3, -0.25) is 24.3 Å². The minimum Gasteiger partial charge on any atom is -0.379 e. The quantitative estimate of drug-likeness (QED) is 0.604. The highest BCUT2D eigenvalue weighted by atomic mass is 35.5. The second kappa shape index (κ2) is 8.74. The summed E-state index contributed by atoms with van der Waals surface area (Å²) in [4.78, 5) is 47.4. The maximum Gasteiger partial charge on any atom is 0.334 e. The number of benzene rings is 1. The summed E-state index contributed by atoms with van der Waals surface area (Å²) >= 11 is 5.94. The normalized spacial score (nSPS) is 22.1. The molecule has 10 nitrogen and oxygen atoms in total. The minimum absolute atomic E-state index is 0.0894. The van der Waals surface area contributed by atoms with Gasteiger partial charge >= 0.3 is 11.9 Å². The maximum atomic E-state index is 13.4. The summed E-state index contributed by atoms with van der Waals surface area (Å²) in [6, 6.07) is 5.59. The van der Waals surface area contributed by atoms with Gasteiger partial charge in [-0.1, -0.05) is 23.7 Å². The molecule has 0 bridgehead atoms. The maximum absolute atomic E-state index is 13.4. The molecule has 1 atom stereocenters. The third kappa shape index (κ3) is 4.32. The van der Waals surface area contributed by atoms with Crippen LogP contribution in [0.1, 0.15) is 5.56 Å². The number of urea groups is 1. The van der Waals surface area contributed by atoms with Gasteiger partial charge in [-0.2, -0.15) is 0 Å². The predicted molar refractivity (Wildman–Crippen MR) is 113 cm³/mol. The van der Waals surface area contributed by atoms with Crippen LogP contribution in [0.4, 0.5) is 4.79 Å². The van der Waals surface area contributed by atoms with Crippen molar-refractivity contribution in [2.45, 2.75) is 12.6 Å². The Balaban J connectivity index is 1.64. The van der Waals surface area contributed by atoms with E-state index in [1.807, 2.05) is 0 Å². The number of nitrogens with two attached hydrogens (primary N) is 1. The molecule has 2 saturated heterocycles. The van der Waals surface area contributed by atoms with Crippen LogP contribution < -0.4 is 5.73 Å². The topological polar surface area (TPSA) is 112 Å². The lowest BCUT2D eigenvalue weighted by Gasteiger charge is -2.33. The molecular formula is C20H24ClN6O4+. The molecule has 1 aromatic rings. The Bertz CT molecular complexity index is 970. The first-order chi connectivity index (χ1) is 14.8. The highest BCUT2D eigenvalue weighted by Gasteiger charge is 2.54. The van der Waals surface area contributed by atoms with Crippen molar-refractivity contribution in [3.05, 3.63) is 34.9 Å². The van der Waals surface area contributed by atoms with Crippen LogP contribution >= 0.6 is 11.6 Å². The molecule has 0 saturated carbocycles. The number of nitrogens with zero attached hydrogens (tertiary/aromatic N) is 5. The smallest absolute Gasteiger partial charge is 0.334 e. The monoisotopic (exact) mass is 447 g/mol. The number of amides is 4. The van der Waals surface area contributed by atoms with E-state index in [2.05, 4.69) is 9.89 Å². The summed E-state index contributed by atoms with van der Waals surface area (Å²) in [6.45, 7) is 3.00. The number of ether oxygens (including phenoxy) is 1. The third-order valence-corrected chi connectivity index (χ3v) is 5.79. The summed E-state index contributed by atoms with van der Waals surface area (Å²) in [5.41, 5.74) is 6.23. The fraction of sp³-hybridized carbons (Fsp3) is 0.450. The highest BCUT2D eigenvalue weighted by Crippen LogP contribution is 2.22. The Morgan fingerprint density at radius 1 is 1.23 bits per heavy atom. The molecular weight excluding hydrogens is 424 g/mol. The molecule has 31 heavy (non-hydrogen) atoms. The lowest BCUT2D eigenvalue weighted by molar-refractivity contribution is -0.525. The lowest BCUT2D eigenvalue weighted by atomic mass is 10.1. The van der Waals surface area contributed by atoms with Crippen LogP contribution in [0.15, 0.2) is 29.3 Å². The number of morpholine rings is 1. The predicted octanol–water partition coefficient (Wildman–Crippen LogP) is -0.257. The minimum atomic E-state index is -0.876. The van der Waals surface area contributed by atoms with Gasteiger partial charge < -0.3 is 10.5 Å². The first-order valence-electron chi connectivity index (χ1n) is 9.98.